The third-order valence-corrected chi connectivity index (χ3v) is 8.44. The van der Waals surface area contributed by atoms with Crippen molar-refractivity contribution in [2.24, 2.45) is 17.8 Å². The fourth-order valence-corrected chi connectivity index (χ4v) is 5.42. The Balaban J connectivity index is 1.94. The molecule has 4 amide bonds. The van der Waals surface area contributed by atoms with Gasteiger partial charge in [-0.25, -0.2) is 4.79 Å². The summed E-state index contributed by atoms with van der Waals surface area (Å²) in [6, 6.07) is 7.42. The maximum atomic E-state index is 13.4. The zero-order valence-electron chi connectivity index (χ0n) is 28.6. The van der Waals surface area contributed by atoms with E-state index in [-0.39, 0.29) is 36.7 Å². The Morgan fingerprint density at radius 1 is 0.936 bits per heavy atom. The minimum Gasteiger partial charge on any atom is -0.497 e. The molecule has 47 heavy (non-hydrogen) atoms. The van der Waals surface area contributed by atoms with E-state index in [9.17, 15) is 24.3 Å². The average molecular weight is 675 g/mol. The van der Waals surface area contributed by atoms with E-state index in [0.29, 0.717) is 38.2 Å². The second kappa shape index (κ2) is 21.4. The Hall–Kier alpha value is -3.51. The van der Waals surface area contributed by atoms with Gasteiger partial charge in [0.15, 0.2) is 0 Å². The van der Waals surface area contributed by atoms with Crippen molar-refractivity contribution in [3.8, 4) is 0 Å². The summed E-state index contributed by atoms with van der Waals surface area (Å²) in [7, 11) is 0. The van der Waals surface area contributed by atoms with Crippen LogP contribution in [0.3, 0.4) is 0 Å². The quantitative estimate of drug-likeness (QED) is 0.139. The summed E-state index contributed by atoms with van der Waals surface area (Å²) in [5.74, 6) is -0.742. The van der Waals surface area contributed by atoms with Gasteiger partial charge in [-0.1, -0.05) is 71.0 Å². The number of carbonyl (C=O) groups is 4. The molecule has 5 atom stereocenters. The number of hydrogen-bond acceptors (Lipinski definition) is 8. The summed E-state index contributed by atoms with van der Waals surface area (Å²) in [5, 5.41) is 22.6. The van der Waals surface area contributed by atoms with Crippen LogP contribution < -0.4 is 21.3 Å². The second-order valence-corrected chi connectivity index (χ2v) is 13.7. The lowest BCUT2D eigenvalue weighted by atomic mass is 9.92. The predicted octanol–water partition coefficient (Wildman–Crippen LogP) is 4.07. The van der Waals surface area contributed by atoms with E-state index in [1.165, 1.54) is 0 Å². The molecule has 0 unspecified atom stereocenters. The van der Waals surface area contributed by atoms with Crippen LogP contribution in [0.25, 0.3) is 0 Å². The van der Waals surface area contributed by atoms with E-state index in [0.717, 1.165) is 11.1 Å². The molecule has 0 aromatic heterocycles. The molecular weight excluding hydrogens is 620 g/mol. The van der Waals surface area contributed by atoms with Crippen molar-refractivity contribution in [2.45, 2.75) is 91.1 Å². The summed E-state index contributed by atoms with van der Waals surface area (Å²) in [5.41, 5.74) is 1.76. The summed E-state index contributed by atoms with van der Waals surface area (Å²) in [4.78, 5) is 52.0. The van der Waals surface area contributed by atoms with E-state index in [1.54, 1.807) is 31.0 Å². The van der Waals surface area contributed by atoms with Gasteiger partial charge >= 0.3 is 6.09 Å². The number of nitrogens with one attached hydrogen (secondary N) is 4. The van der Waals surface area contributed by atoms with Crippen LogP contribution in [0.1, 0.15) is 65.9 Å². The lowest BCUT2D eigenvalue weighted by molar-refractivity contribution is -0.132. The Bertz CT molecular complexity index is 1190. The molecule has 1 aromatic rings. The minimum absolute atomic E-state index is 0.0454. The maximum Gasteiger partial charge on any atom is 0.408 e. The van der Waals surface area contributed by atoms with Gasteiger partial charge < -0.3 is 35.8 Å². The Morgan fingerprint density at radius 3 is 2.28 bits per heavy atom. The highest BCUT2D eigenvalue weighted by molar-refractivity contribution is 7.98. The molecule has 262 valence electrons. The van der Waals surface area contributed by atoms with Crippen molar-refractivity contribution in [2.75, 3.05) is 25.2 Å². The topological polar surface area (TPSA) is 155 Å². The molecule has 0 aliphatic carbocycles. The largest absolute Gasteiger partial charge is 0.497 e. The van der Waals surface area contributed by atoms with Gasteiger partial charge in [0, 0.05) is 18.0 Å². The van der Waals surface area contributed by atoms with Crippen LogP contribution in [0.2, 0.25) is 0 Å². The molecule has 11 nitrogen and oxygen atoms in total. The lowest BCUT2D eigenvalue weighted by Crippen LogP contribution is -2.53. The molecule has 0 radical (unpaired) electrons. The van der Waals surface area contributed by atoms with E-state index >= 15 is 0 Å². The molecule has 0 fully saturated rings. The fourth-order valence-electron chi connectivity index (χ4n) is 4.95. The molecular formula is C35H54N4O7S. The summed E-state index contributed by atoms with van der Waals surface area (Å²) in [6.45, 7) is 10.3. The first-order chi connectivity index (χ1) is 22.4. The van der Waals surface area contributed by atoms with Crippen LogP contribution in [0, 0.1) is 17.8 Å². The van der Waals surface area contributed by atoms with Crippen LogP contribution >= 0.6 is 11.8 Å². The van der Waals surface area contributed by atoms with E-state index in [4.69, 9.17) is 9.47 Å². The highest BCUT2D eigenvalue weighted by Crippen LogP contribution is 2.17. The molecule has 0 saturated heterocycles. The zero-order chi connectivity index (χ0) is 34.8. The summed E-state index contributed by atoms with van der Waals surface area (Å²) < 4.78 is 10.5. The molecule has 1 heterocycles. The first kappa shape index (κ1) is 39.7. The SMILES string of the molecule is CSCC[C@H](NC(=O)OCC1=CC=COC1)C(=O)N[C@@H](CC(C)C)[C@@H](O)CC[C@@H](C)C(=O)N[C@H](C(=O)NCc1ccccc1)C(C)C. The molecule has 1 aliphatic heterocycles. The third-order valence-electron chi connectivity index (χ3n) is 7.80. The van der Waals surface area contributed by atoms with Crippen LogP contribution in [0.4, 0.5) is 4.79 Å². The van der Waals surface area contributed by atoms with Crippen molar-refractivity contribution in [1.29, 1.82) is 0 Å². The van der Waals surface area contributed by atoms with Crippen LogP contribution in [0.15, 0.2) is 54.3 Å². The van der Waals surface area contributed by atoms with Crippen LogP contribution in [-0.2, 0) is 30.4 Å². The lowest BCUT2D eigenvalue weighted by Gasteiger charge is -2.29. The number of rotatable bonds is 20. The van der Waals surface area contributed by atoms with E-state index in [2.05, 4.69) is 21.3 Å². The maximum absolute atomic E-state index is 13.4. The molecule has 1 aliphatic rings. The monoisotopic (exact) mass is 674 g/mol. The Labute approximate surface area is 284 Å². The number of alkyl carbamates (subject to hydrolysis) is 1. The smallest absolute Gasteiger partial charge is 0.408 e. The second-order valence-electron chi connectivity index (χ2n) is 12.7. The number of carbonyl (C=O) groups excluding carboxylic acids is 4. The standard InChI is InChI=1S/C35H54N4O7S/c1-23(2)19-29(37-33(42)28(16-18-47-6)38-35(44)46-22-27-13-10-17-45-21-27)30(40)15-14-25(5)32(41)39-31(24(3)4)34(43)36-20-26-11-8-7-9-12-26/h7-13,17,23-25,28-31,40H,14-16,18-22H2,1-6H3,(H,36,43)(H,37,42)(H,38,44)(H,39,41)/t25-,28+,29+,30+,31+/m1/s1. The highest BCUT2D eigenvalue weighted by atomic mass is 32.2. The number of ether oxygens (including phenoxy) is 2. The third kappa shape index (κ3) is 15.3. The van der Waals surface area contributed by atoms with Crippen molar-refractivity contribution >= 4 is 35.6 Å². The predicted molar refractivity (Wildman–Crippen MR) is 185 cm³/mol. The fraction of sp³-hybridized carbons (Fsp3) is 0.600. The normalized spacial score (nSPS) is 15.8. The molecule has 0 spiro atoms. The van der Waals surface area contributed by atoms with Crippen molar-refractivity contribution < 1.29 is 33.8 Å². The number of aliphatic hydroxyl groups is 1. The number of hydrogen-bond donors (Lipinski definition) is 5. The van der Waals surface area contributed by atoms with Crippen molar-refractivity contribution in [3.05, 3.63) is 59.9 Å². The van der Waals surface area contributed by atoms with Gasteiger partial charge in [-0.15, -0.1) is 0 Å². The highest BCUT2D eigenvalue weighted by Gasteiger charge is 2.30. The summed E-state index contributed by atoms with van der Waals surface area (Å²) in [6.07, 6.45) is 6.86. The number of aliphatic hydroxyl groups excluding tert-OH is 1. The van der Waals surface area contributed by atoms with Gasteiger partial charge in [0.25, 0.3) is 0 Å². The van der Waals surface area contributed by atoms with Gasteiger partial charge in [0.1, 0.15) is 25.3 Å². The van der Waals surface area contributed by atoms with Crippen molar-refractivity contribution in [1.82, 2.24) is 21.3 Å². The first-order valence-electron chi connectivity index (χ1n) is 16.4. The van der Waals surface area contributed by atoms with Crippen LogP contribution in [-0.4, -0.2) is 78.4 Å². The first-order valence-corrected chi connectivity index (χ1v) is 17.8. The number of thioether (sulfide) groups is 1. The minimum atomic E-state index is -0.925. The van der Waals surface area contributed by atoms with Gasteiger partial charge in [0.2, 0.25) is 17.7 Å². The molecule has 1 aromatic carbocycles. The van der Waals surface area contributed by atoms with E-state index in [1.807, 2.05) is 70.4 Å². The Morgan fingerprint density at radius 2 is 1.66 bits per heavy atom. The molecule has 0 saturated carbocycles. The van der Waals surface area contributed by atoms with E-state index < -0.39 is 42.1 Å². The summed E-state index contributed by atoms with van der Waals surface area (Å²) >= 11 is 1.55. The molecule has 12 heteroatoms. The number of amides is 4. The molecule has 5 N–H and O–H groups in total. The zero-order valence-corrected chi connectivity index (χ0v) is 29.4. The van der Waals surface area contributed by atoms with Gasteiger partial charge in [-0.3, -0.25) is 14.4 Å². The molecule has 0 bridgehead atoms. The average Bonchev–Trinajstić information content (AvgIpc) is 3.05. The Kier molecular flexibility index (Phi) is 18.0. The van der Waals surface area contributed by atoms with Crippen LogP contribution in [0.5, 0.6) is 0 Å². The van der Waals surface area contributed by atoms with Gasteiger partial charge in [-0.2, -0.15) is 11.8 Å². The number of benzene rings is 1. The van der Waals surface area contributed by atoms with Gasteiger partial charge in [0.05, 0.1) is 18.4 Å². The van der Waals surface area contributed by atoms with Crippen molar-refractivity contribution in [3.63, 3.8) is 0 Å². The van der Waals surface area contributed by atoms with Gasteiger partial charge in [-0.05, 0) is 61.2 Å². The number of allylic oxidation sites excluding steroid dienone is 2. The molecule has 2 rings (SSSR count).